The third-order valence-corrected chi connectivity index (χ3v) is 5.12. The van der Waals surface area contributed by atoms with Gasteiger partial charge in [-0.1, -0.05) is 36.8 Å². The molecule has 0 saturated carbocycles. The fourth-order valence-electron chi connectivity index (χ4n) is 3.94. The lowest BCUT2D eigenvalue weighted by Crippen LogP contribution is -2.72. The normalized spacial score (nSPS) is 25.7. The summed E-state index contributed by atoms with van der Waals surface area (Å²) in [6.45, 7) is 1.09. The highest BCUT2D eigenvalue weighted by Crippen LogP contribution is 2.37. The highest BCUT2D eigenvalue weighted by molar-refractivity contribution is 5.66. The van der Waals surface area contributed by atoms with E-state index < -0.39 is 11.7 Å². The average Bonchev–Trinajstić information content (AvgIpc) is 2.54. The van der Waals surface area contributed by atoms with E-state index in [0.29, 0.717) is 0 Å². The molecule has 1 aromatic carbocycles. The summed E-state index contributed by atoms with van der Waals surface area (Å²) in [6.07, 6.45) is 1.88. The third kappa shape index (κ3) is 3.06. The van der Waals surface area contributed by atoms with Gasteiger partial charge < -0.3 is 20.2 Å². The molecule has 6 nitrogen and oxygen atoms in total. The lowest BCUT2D eigenvalue weighted by atomic mass is 9.79. The number of hydrogen-bond acceptors (Lipinski definition) is 4. The summed E-state index contributed by atoms with van der Waals surface area (Å²) in [7, 11) is 0. The Morgan fingerprint density at radius 3 is 2.57 bits per heavy atom. The molecular formula is C17H24N2O4. The van der Waals surface area contributed by atoms with Gasteiger partial charge >= 0.3 is 6.09 Å². The van der Waals surface area contributed by atoms with Crippen molar-refractivity contribution in [1.82, 2.24) is 9.80 Å². The molecule has 0 radical (unpaired) electrons. The first-order valence-electron chi connectivity index (χ1n) is 8.17. The molecule has 1 amide bonds. The highest BCUT2D eigenvalue weighted by atomic mass is 16.4. The first-order chi connectivity index (χ1) is 11.0. The van der Waals surface area contributed by atoms with Gasteiger partial charge in [0.2, 0.25) is 0 Å². The maximum atomic E-state index is 11.0. The molecule has 2 atom stereocenters. The predicted octanol–water partition coefficient (Wildman–Crippen LogP) is 1.30. The van der Waals surface area contributed by atoms with Crippen LogP contribution in [0.4, 0.5) is 4.79 Å². The van der Waals surface area contributed by atoms with E-state index in [0.717, 1.165) is 31.4 Å². The minimum atomic E-state index is -1.01. The smallest absolute Gasteiger partial charge is 0.407 e. The average molecular weight is 320 g/mol. The summed E-state index contributed by atoms with van der Waals surface area (Å²) in [5.41, 5.74) is 0.0148. The van der Waals surface area contributed by atoms with Crippen LogP contribution in [0.25, 0.3) is 0 Å². The van der Waals surface area contributed by atoms with Crippen LogP contribution in [0, 0.1) is 0 Å². The van der Waals surface area contributed by atoms with Gasteiger partial charge in [0.25, 0.3) is 0 Å². The van der Waals surface area contributed by atoms with Gasteiger partial charge in [0.15, 0.2) is 0 Å². The van der Waals surface area contributed by atoms with Crippen LogP contribution in [0.1, 0.15) is 30.9 Å². The molecule has 6 heteroatoms. The van der Waals surface area contributed by atoms with Gasteiger partial charge in [-0.3, -0.25) is 4.90 Å². The maximum absolute atomic E-state index is 11.0. The quantitative estimate of drug-likeness (QED) is 0.779. The molecule has 0 spiro atoms. The van der Waals surface area contributed by atoms with Crippen molar-refractivity contribution in [3.63, 3.8) is 0 Å². The molecule has 0 unspecified atom stereocenters. The molecule has 2 heterocycles. The van der Waals surface area contributed by atoms with Gasteiger partial charge in [0, 0.05) is 6.04 Å². The standard InChI is InChI=1S/C17H24N2O4/c20-10-14(13-6-2-1-3-7-13)19-9-5-4-8-15(19)17(23)11-18(12-17)16(21)22/h1-3,6-7,14-15,20,23H,4-5,8-12H2,(H,21,22)/t14-,15+/m1/s1. The molecule has 2 saturated heterocycles. The Bertz CT molecular complexity index is 545. The van der Waals surface area contributed by atoms with Crippen LogP contribution in [-0.4, -0.2) is 69.1 Å². The van der Waals surface area contributed by atoms with Crippen LogP contribution in [0.3, 0.4) is 0 Å². The second-order valence-corrected chi connectivity index (χ2v) is 6.60. The summed E-state index contributed by atoms with van der Waals surface area (Å²) in [5, 5.41) is 29.8. The minimum absolute atomic E-state index is 0.0146. The van der Waals surface area contributed by atoms with Crippen molar-refractivity contribution >= 4 is 6.09 Å². The molecule has 0 aliphatic carbocycles. The van der Waals surface area contributed by atoms with Crippen molar-refractivity contribution in [2.45, 2.75) is 36.9 Å². The van der Waals surface area contributed by atoms with Crippen LogP contribution in [0.15, 0.2) is 30.3 Å². The molecule has 1 aromatic rings. The Kier molecular flexibility index (Phi) is 4.57. The maximum Gasteiger partial charge on any atom is 0.407 e. The zero-order valence-corrected chi connectivity index (χ0v) is 13.1. The monoisotopic (exact) mass is 320 g/mol. The Morgan fingerprint density at radius 1 is 1.26 bits per heavy atom. The van der Waals surface area contributed by atoms with Gasteiger partial charge in [-0.15, -0.1) is 0 Å². The van der Waals surface area contributed by atoms with Crippen LogP contribution in [0.5, 0.6) is 0 Å². The van der Waals surface area contributed by atoms with E-state index in [1.807, 2.05) is 30.3 Å². The lowest BCUT2D eigenvalue weighted by Gasteiger charge is -2.55. The zero-order chi connectivity index (χ0) is 16.4. The predicted molar refractivity (Wildman–Crippen MR) is 85.2 cm³/mol. The molecule has 3 N–H and O–H groups in total. The summed E-state index contributed by atoms with van der Waals surface area (Å²) in [6, 6.07) is 9.52. The van der Waals surface area contributed by atoms with Crippen molar-refractivity contribution in [3.05, 3.63) is 35.9 Å². The van der Waals surface area contributed by atoms with E-state index in [-0.39, 0.29) is 31.8 Å². The van der Waals surface area contributed by atoms with E-state index in [2.05, 4.69) is 4.90 Å². The number of β-amino-alcohol motifs (C(OH)–C–C–N with tert-alkyl or cyclic N) is 1. The topological polar surface area (TPSA) is 84.2 Å². The van der Waals surface area contributed by atoms with Crippen molar-refractivity contribution < 1.29 is 20.1 Å². The van der Waals surface area contributed by atoms with Gasteiger partial charge in [0.05, 0.1) is 25.7 Å². The second-order valence-electron chi connectivity index (χ2n) is 6.60. The number of aliphatic hydroxyl groups is 2. The number of rotatable bonds is 4. The first-order valence-corrected chi connectivity index (χ1v) is 8.17. The largest absolute Gasteiger partial charge is 0.465 e. The molecular weight excluding hydrogens is 296 g/mol. The van der Waals surface area contributed by atoms with Crippen molar-refractivity contribution in [1.29, 1.82) is 0 Å². The number of carbonyl (C=O) groups is 1. The third-order valence-electron chi connectivity index (χ3n) is 5.12. The van der Waals surface area contributed by atoms with E-state index in [9.17, 15) is 15.0 Å². The number of aliphatic hydroxyl groups excluding tert-OH is 1. The van der Waals surface area contributed by atoms with Crippen molar-refractivity contribution in [3.8, 4) is 0 Å². The minimum Gasteiger partial charge on any atom is -0.465 e. The summed E-state index contributed by atoms with van der Waals surface area (Å²) in [4.78, 5) is 14.4. The van der Waals surface area contributed by atoms with E-state index >= 15 is 0 Å². The molecule has 3 rings (SSSR count). The molecule has 126 valence electrons. The zero-order valence-electron chi connectivity index (χ0n) is 13.1. The number of benzene rings is 1. The van der Waals surface area contributed by atoms with Crippen LogP contribution in [-0.2, 0) is 0 Å². The molecule has 2 aliphatic heterocycles. The van der Waals surface area contributed by atoms with Gasteiger partial charge in [-0.05, 0) is 24.9 Å². The number of amides is 1. The lowest BCUT2D eigenvalue weighted by molar-refractivity contribution is -0.153. The highest BCUT2D eigenvalue weighted by Gasteiger charge is 2.52. The van der Waals surface area contributed by atoms with E-state index in [4.69, 9.17) is 5.11 Å². The fourth-order valence-corrected chi connectivity index (χ4v) is 3.94. The Morgan fingerprint density at radius 2 is 1.96 bits per heavy atom. The first kappa shape index (κ1) is 16.2. The summed E-state index contributed by atoms with van der Waals surface area (Å²) in [5.74, 6) is 0. The Balaban J connectivity index is 1.80. The number of likely N-dealkylation sites (tertiary alicyclic amines) is 2. The fraction of sp³-hybridized carbons (Fsp3) is 0.588. The van der Waals surface area contributed by atoms with Gasteiger partial charge in [0.1, 0.15) is 5.60 Å². The van der Waals surface area contributed by atoms with Crippen molar-refractivity contribution in [2.75, 3.05) is 26.2 Å². The SMILES string of the molecule is O=C(O)N1CC(O)([C@@H]2CCCCN2[C@H](CO)c2ccccc2)C1. The molecule has 23 heavy (non-hydrogen) atoms. The number of nitrogens with zero attached hydrogens (tertiary/aromatic N) is 2. The number of carboxylic acid groups (broad SMARTS) is 1. The van der Waals surface area contributed by atoms with Crippen molar-refractivity contribution in [2.24, 2.45) is 0 Å². The number of piperidine rings is 1. The summed E-state index contributed by atoms with van der Waals surface area (Å²) < 4.78 is 0. The Hall–Kier alpha value is -1.63. The Labute approximate surface area is 135 Å². The molecule has 2 fully saturated rings. The molecule has 0 aromatic heterocycles. The molecule has 2 aliphatic rings. The summed E-state index contributed by atoms with van der Waals surface area (Å²) >= 11 is 0. The van der Waals surface area contributed by atoms with E-state index in [1.54, 1.807) is 0 Å². The van der Waals surface area contributed by atoms with Crippen LogP contribution < -0.4 is 0 Å². The van der Waals surface area contributed by atoms with E-state index in [1.165, 1.54) is 4.90 Å². The van der Waals surface area contributed by atoms with Gasteiger partial charge in [-0.2, -0.15) is 0 Å². The second kappa shape index (κ2) is 6.47. The van der Waals surface area contributed by atoms with Gasteiger partial charge in [-0.25, -0.2) is 4.79 Å². The van der Waals surface area contributed by atoms with Crippen LogP contribution in [0.2, 0.25) is 0 Å². The molecule has 0 bridgehead atoms. The van der Waals surface area contributed by atoms with Crippen LogP contribution >= 0.6 is 0 Å². The number of hydrogen-bond donors (Lipinski definition) is 3.